The molecule has 0 fully saturated rings. The van der Waals surface area contributed by atoms with Gasteiger partial charge in [0.1, 0.15) is 5.82 Å². The summed E-state index contributed by atoms with van der Waals surface area (Å²) in [4.78, 5) is 0.0865. The van der Waals surface area contributed by atoms with E-state index in [1.54, 1.807) is 12.1 Å². The van der Waals surface area contributed by atoms with Crippen molar-refractivity contribution >= 4 is 15.7 Å². The fourth-order valence-corrected chi connectivity index (χ4v) is 2.78. The third-order valence-corrected chi connectivity index (χ3v) is 4.11. The van der Waals surface area contributed by atoms with E-state index in [1.807, 2.05) is 0 Å². The molecule has 0 atom stereocenters. The summed E-state index contributed by atoms with van der Waals surface area (Å²) in [5.41, 5.74) is 1.02. The molecule has 0 bridgehead atoms. The van der Waals surface area contributed by atoms with Gasteiger partial charge in [0.05, 0.1) is 10.6 Å². The van der Waals surface area contributed by atoms with Gasteiger partial charge in [-0.15, -0.1) is 0 Å². The van der Waals surface area contributed by atoms with Crippen molar-refractivity contribution in [2.24, 2.45) is 0 Å². The Hall–Kier alpha value is -1.92. The second-order valence-electron chi connectivity index (χ2n) is 4.23. The lowest BCUT2D eigenvalue weighted by molar-refractivity contribution is 0.299. The number of aliphatic hydroxyl groups excluding tert-OH is 1. The Morgan fingerprint density at radius 1 is 1.10 bits per heavy atom. The lowest BCUT2D eigenvalue weighted by atomic mass is 10.2. The largest absolute Gasteiger partial charge is 0.396 e. The summed E-state index contributed by atoms with van der Waals surface area (Å²) >= 11 is 0. The summed E-state index contributed by atoms with van der Waals surface area (Å²) in [6.45, 7) is 0.00758. The Labute approximate surface area is 116 Å². The average molecular weight is 295 g/mol. The molecule has 20 heavy (non-hydrogen) atoms. The first-order valence-electron chi connectivity index (χ1n) is 5.99. The second-order valence-corrected chi connectivity index (χ2v) is 5.92. The van der Waals surface area contributed by atoms with E-state index in [-0.39, 0.29) is 17.2 Å². The number of hydrogen-bond donors (Lipinski definition) is 2. The minimum atomic E-state index is -3.74. The Morgan fingerprint density at radius 2 is 1.80 bits per heavy atom. The summed E-state index contributed by atoms with van der Waals surface area (Å²) in [5, 5.41) is 8.80. The number of rotatable bonds is 5. The van der Waals surface area contributed by atoms with Gasteiger partial charge in [-0.2, -0.15) is 0 Å². The Morgan fingerprint density at radius 3 is 2.40 bits per heavy atom. The van der Waals surface area contributed by atoms with Crippen LogP contribution in [0.15, 0.2) is 53.4 Å². The predicted molar refractivity (Wildman–Crippen MR) is 74.4 cm³/mol. The molecule has 0 unspecified atom stereocenters. The van der Waals surface area contributed by atoms with Crippen molar-refractivity contribution in [1.29, 1.82) is 0 Å². The number of sulfonamides is 1. The van der Waals surface area contributed by atoms with Gasteiger partial charge in [-0.1, -0.05) is 18.2 Å². The first-order valence-corrected chi connectivity index (χ1v) is 7.48. The van der Waals surface area contributed by atoms with Gasteiger partial charge < -0.3 is 5.11 Å². The van der Waals surface area contributed by atoms with E-state index >= 15 is 0 Å². The highest BCUT2D eigenvalue weighted by atomic mass is 32.2. The van der Waals surface area contributed by atoms with Crippen LogP contribution >= 0.6 is 0 Å². The molecule has 6 heteroatoms. The molecule has 0 aliphatic carbocycles. The van der Waals surface area contributed by atoms with E-state index in [9.17, 15) is 12.8 Å². The van der Waals surface area contributed by atoms with Gasteiger partial charge in [0.25, 0.3) is 10.0 Å². The van der Waals surface area contributed by atoms with Crippen LogP contribution in [-0.2, 0) is 16.4 Å². The molecule has 2 aromatic carbocycles. The minimum absolute atomic E-state index is 0.00758. The zero-order valence-electron chi connectivity index (χ0n) is 10.6. The maximum Gasteiger partial charge on any atom is 0.261 e. The van der Waals surface area contributed by atoms with Crippen molar-refractivity contribution in [2.45, 2.75) is 11.3 Å². The average Bonchev–Trinajstić information content (AvgIpc) is 2.39. The number of hydrogen-bond acceptors (Lipinski definition) is 3. The molecular weight excluding hydrogens is 281 g/mol. The fourth-order valence-electron chi connectivity index (χ4n) is 1.73. The Kier molecular flexibility index (Phi) is 4.36. The molecule has 0 amide bonds. The number of nitrogens with one attached hydrogen (secondary N) is 1. The number of aliphatic hydroxyl groups is 1. The quantitative estimate of drug-likeness (QED) is 0.888. The lowest BCUT2D eigenvalue weighted by Gasteiger charge is -2.08. The Bertz CT molecular complexity index is 684. The molecule has 0 saturated carbocycles. The minimum Gasteiger partial charge on any atom is -0.396 e. The van der Waals surface area contributed by atoms with Crippen molar-refractivity contribution < 1.29 is 17.9 Å². The molecule has 0 aliphatic heterocycles. The molecule has 0 aliphatic rings. The molecule has 0 aromatic heterocycles. The molecule has 2 rings (SSSR count). The molecule has 0 saturated heterocycles. The highest BCUT2D eigenvalue weighted by molar-refractivity contribution is 7.92. The summed E-state index contributed by atoms with van der Waals surface area (Å²) in [7, 11) is -3.74. The highest BCUT2D eigenvalue weighted by Gasteiger charge is 2.14. The number of benzene rings is 2. The van der Waals surface area contributed by atoms with Crippen molar-refractivity contribution in [1.82, 2.24) is 0 Å². The third kappa shape index (κ3) is 3.55. The van der Waals surface area contributed by atoms with Crippen molar-refractivity contribution in [2.75, 3.05) is 11.3 Å². The lowest BCUT2D eigenvalue weighted by Crippen LogP contribution is -2.13. The smallest absolute Gasteiger partial charge is 0.261 e. The maximum absolute atomic E-state index is 13.0. The van der Waals surface area contributed by atoms with Gasteiger partial charge in [-0.25, -0.2) is 12.8 Å². The maximum atomic E-state index is 13.0. The van der Waals surface area contributed by atoms with Crippen LogP contribution in [-0.4, -0.2) is 20.1 Å². The van der Waals surface area contributed by atoms with Gasteiger partial charge >= 0.3 is 0 Å². The standard InChI is InChI=1S/C14H14FNO3S/c15-12-2-1-3-13(10-12)16-20(18,19)14-6-4-11(5-7-14)8-9-17/h1-7,10,16-17H,8-9H2. The van der Waals surface area contributed by atoms with E-state index in [0.717, 1.165) is 11.6 Å². The van der Waals surface area contributed by atoms with E-state index in [1.165, 1.54) is 30.3 Å². The molecule has 0 spiro atoms. The van der Waals surface area contributed by atoms with Crippen LogP contribution in [0.1, 0.15) is 5.56 Å². The second kappa shape index (κ2) is 6.02. The molecule has 2 N–H and O–H groups in total. The normalized spacial score (nSPS) is 11.3. The summed E-state index contributed by atoms with van der Waals surface area (Å²) in [6.07, 6.45) is 0.470. The van der Waals surface area contributed by atoms with Gasteiger partial charge in [-0.3, -0.25) is 4.72 Å². The molecule has 2 aromatic rings. The summed E-state index contributed by atoms with van der Waals surface area (Å²) in [6, 6.07) is 11.4. The molecule has 0 heterocycles. The van der Waals surface area contributed by atoms with Crippen LogP contribution in [0.3, 0.4) is 0 Å². The monoisotopic (exact) mass is 295 g/mol. The SMILES string of the molecule is O=S(=O)(Nc1cccc(F)c1)c1ccc(CCO)cc1. The van der Waals surface area contributed by atoms with Crippen LogP contribution in [0.5, 0.6) is 0 Å². The van der Waals surface area contributed by atoms with Gasteiger partial charge in [-0.05, 0) is 42.3 Å². The van der Waals surface area contributed by atoms with Gasteiger partial charge in [0, 0.05) is 6.61 Å². The zero-order chi connectivity index (χ0) is 14.6. The van der Waals surface area contributed by atoms with Crippen molar-refractivity contribution in [3.05, 3.63) is 59.9 Å². The molecule has 4 nitrogen and oxygen atoms in total. The summed E-state index contributed by atoms with van der Waals surface area (Å²) in [5.74, 6) is -0.511. The van der Waals surface area contributed by atoms with Gasteiger partial charge in [0.15, 0.2) is 0 Å². The number of halogens is 1. The first-order chi connectivity index (χ1) is 9.51. The van der Waals surface area contributed by atoms with E-state index in [0.29, 0.717) is 6.42 Å². The third-order valence-electron chi connectivity index (χ3n) is 2.71. The first kappa shape index (κ1) is 14.5. The fraction of sp³-hybridized carbons (Fsp3) is 0.143. The van der Waals surface area contributed by atoms with Crippen molar-refractivity contribution in [3.8, 4) is 0 Å². The van der Waals surface area contributed by atoms with Crippen LogP contribution in [0.25, 0.3) is 0 Å². The van der Waals surface area contributed by atoms with Crippen LogP contribution in [0.4, 0.5) is 10.1 Å². The number of anilines is 1. The molecular formula is C14H14FNO3S. The molecule has 0 radical (unpaired) electrons. The zero-order valence-corrected chi connectivity index (χ0v) is 11.4. The molecule has 106 valence electrons. The van der Waals surface area contributed by atoms with Crippen LogP contribution in [0, 0.1) is 5.82 Å². The van der Waals surface area contributed by atoms with E-state index in [4.69, 9.17) is 5.11 Å². The Balaban J connectivity index is 2.21. The predicted octanol–water partition coefficient (Wildman–Crippen LogP) is 2.16. The van der Waals surface area contributed by atoms with Crippen LogP contribution < -0.4 is 4.72 Å². The highest BCUT2D eigenvalue weighted by Crippen LogP contribution is 2.17. The summed E-state index contributed by atoms with van der Waals surface area (Å²) < 4.78 is 39.5. The van der Waals surface area contributed by atoms with E-state index in [2.05, 4.69) is 4.72 Å². The van der Waals surface area contributed by atoms with E-state index < -0.39 is 15.8 Å². The van der Waals surface area contributed by atoms with Crippen molar-refractivity contribution in [3.63, 3.8) is 0 Å². The van der Waals surface area contributed by atoms with Gasteiger partial charge in [0.2, 0.25) is 0 Å². The van der Waals surface area contributed by atoms with Crippen LogP contribution in [0.2, 0.25) is 0 Å². The topological polar surface area (TPSA) is 66.4 Å².